The Hall–Kier alpha value is -1.47. The largest absolute Gasteiger partial charge is 0.416 e. The van der Waals surface area contributed by atoms with E-state index in [9.17, 15) is 26.3 Å². The Morgan fingerprint density at radius 3 is 2.05 bits per heavy atom. The number of fused-ring (bicyclic) bond motifs is 1. The van der Waals surface area contributed by atoms with Crippen molar-refractivity contribution >= 4 is 0 Å². The molecule has 4 nitrogen and oxygen atoms in total. The molecule has 0 radical (unpaired) electrons. The Kier molecular flexibility index (Phi) is 3.86. The summed E-state index contributed by atoms with van der Waals surface area (Å²) < 4.78 is 89.5. The van der Waals surface area contributed by atoms with Gasteiger partial charge in [0, 0.05) is 32.8 Å². The number of hydrogen-bond acceptors (Lipinski definition) is 4. The van der Waals surface area contributed by atoms with Gasteiger partial charge in [-0.15, -0.1) is 0 Å². The van der Waals surface area contributed by atoms with Crippen LogP contribution < -0.4 is 0 Å². The lowest BCUT2D eigenvalue weighted by molar-refractivity contribution is -0.253. The van der Waals surface area contributed by atoms with Gasteiger partial charge in [0.2, 0.25) is 0 Å². The number of rotatable bonds is 2. The molecule has 3 atom stereocenters. The summed E-state index contributed by atoms with van der Waals surface area (Å²) in [5.41, 5.74) is -6.11. The van der Waals surface area contributed by atoms with Crippen LogP contribution in [0.3, 0.4) is 0 Å². The predicted molar refractivity (Wildman–Crippen MR) is 59.8 cm³/mol. The molecule has 0 amide bonds. The maximum atomic E-state index is 13.3. The standard InChI is InChI=1S/C12H12F6N2O2/c1-21-7-3-6-9(11(13,14)15)10(5-19,12(16,17)18)4-8(22-2)20(6)7/h7-8H,3-4H2,1-2H3/t7-,8+,10-/m0/s1. The number of nitriles is 1. The fraction of sp³-hybridized carbons (Fsp3) is 0.750. The molecule has 0 aromatic heterocycles. The van der Waals surface area contributed by atoms with E-state index >= 15 is 0 Å². The van der Waals surface area contributed by atoms with Crippen LogP contribution in [0.25, 0.3) is 0 Å². The summed E-state index contributed by atoms with van der Waals surface area (Å²) in [4.78, 5) is 1.00. The minimum Gasteiger partial charge on any atom is -0.361 e. The normalized spacial score (nSPS) is 32.4. The van der Waals surface area contributed by atoms with E-state index < -0.39 is 47.9 Å². The van der Waals surface area contributed by atoms with Gasteiger partial charge in [-0.25, -0.2) is 0 Å². The van der Waals surface area contributed by atoms with Crippen molar-refractivity contribution in [3.05, 3.63) is 11.3 Å². The fourth-order valence-corrected chi connectivity index (χ4v) is 2.95. The van der Waals surface area contributed by atoms with Crippen molar-refractivity contribution in [2.24, 2.45) is 5.41 Å². The van der Waals surface area contributed by atoms with Crippen LogP contribution in [0.4, 0.5) is 26.3 Å². The van der Waals surface area contributed by atoms with Gasteiger partial charge in [-0.1, -0.05) is 0 Å². The van der Waals surface area contributed by atoms with Crippen LogP contribution in [0.5, 0.6) is 0 Å². The number of halogens is 6. The van der Waals surface area contributed by atoms with E-state index in [-0.39, 0.29) is 6.42 Å². The molecule has 10 heteroatoms. The predicted octanol–water partition coefficient (Wildman–Crippen LogP) is 2.93. The van der Waals surface area contributed by atoms with Gasteiger partial charge in [-0.05, 0) is 0 Å². The van der Waals surface area contributed by atoms with Crippen molar-refractivity contribution in [1.29, 1.82) is 5.26 Å². The highest BCUT2D eigenvalue weighted by atomic mass is 19.4. The number of ether oxygens (including phenoxy) is 2. The van der Waals surface area contributed by atoms with Crippen LogP contribution in [-0.2, 0) is 9.47 Å². The highest BCUT2D eigenvalue weighted by Crippen LogP contribution is 2.59. The van der Waals surface area contributed by atoms with Crippen LogP contribution in [-0.4, -0.2) is 43.9 Å². The second-order valence-corrected chi connectivity index (χ2v) is 5.03. The van der Waals surface area contributed by atoms with E-state index in [1.807, 2.05) is 0 Å². The van der Waals surface area contributed by atoms with Crippen molar-refractivity contribution in [2.45, 2.75) is 37.7 Å². The lowest BCUT2D eigenvalue weighted by Gasteiger charge is -2.55. The van der Waals surface area contributed by atoms with Gasteiger partial charge in [-0.3, -0.25) is 0 Å². The SMILES string of the molecule is CO[C@H]1CC2=C(C(F)(F)F)[C@](C#N)(C(F)(F)F)C[C@@H](OC)N21. The first-order valence-corrected chi connectivity index (χ1v) is 6.16. The quantitative estimate of drug-likeness (QED) is 0.731. The molecule has 0 aromatic rings. The molecular formula is C12H12F6N2O2. The fourth-order valence-electron chi connectivity index (χ4n) is 2.95. The first-order valence-electron chi connectivity index (χ1n) is 6.16. The molecule has 2 aliphatic rings. The summed E-state index contributed by atoms with van der Waals surface area (Å²) in [6.07, 6.45) is -14.3. The number of nitrogens with zero attached hydrogens (tertiary/aromatic N) is 2. The van der Waals surface area contributed by atoms with Gasteiger partial charge < -0.3 is 14.4 Å². The van der Waals surface area contributed by atoms with Gasteiger partial charge in [0.05, 0.1) is 11.6 Å². The topological polar surface area (TPSA) is 45.5 Å². The minimum atomic E-state index is -5.37. The van der Waals surface area contributed by atoms with Crippen LogP contribution >= 0.6 is 0 Å². The molecule has 22 heavy (non-hydrogen) atoms. The van der Waals surface area contributed by atoms with Gasteiger partial charge in [0.15, 0.2) is 5.41 Å². The number of methoxy groups -OCH3 is 2. The summed E-state index contributed by atoms with van der Waals surface area (Å²) in [5, 5.41) is 8.97. The van der Waals surface area contributed by atoms with E-state index in [1.54, 1.807) is 0 Å². The van der Waals surface area contributed by atoms with Crippen molar-refractivity contribution < 1.29 is 35.8 Å². The summed E-state index contributed by atoms with van der Waals surface area (Å²) in [6.45, 7) is 0. The Morgan fingerprint density at radius 1 is 1.14 bits per heavy atom. The molecule has 2 rings (SSSR count). The second-order valence-electron chi connectivity index (χ2n) is 5.03. The lowest BCUT2D eigenvalue weighted by atomic mass is 9.70. The number of alkyl halides is 6. The molecule has 0 aromatic carbocycles. The zero-order chi connectivity index (χ0) is 16.9. The zero-order valence-electron chi connectivity index (χ0n) is 11.5. The second kappa shape index (κ2) is 5.03. The maximum absolute atomic E-state index is 13.3. The average molecular weight is 330 g/mol. The van der Waals surface area contributed by atoms with E-state index in [0.29, 0.717) is 0 Å². The van der Waals surface area contributed by atoms with E-state index in [4.69, 9.17) is 14.7 Å². The maximum Gasteiger partial charge on any atom is 0.416 e. The molecule has 0 saturated carbocycles. The summed E-state index contributed by atoms with van der Waals surface area (Å²) in [5.74, 6) is 0. The molecule has 2 aliphatic heterocycles. The van der Waals surface area contributed by atoms with E-state index in [0.717, 1.165) is 18.1 Å². The monoisotopic (exact) mass is 330 g/mol. The zero-order valence-corrected chi connectivity index (χ0v) is 11.5. The van der Waals surface area contributed by atoms with Gasteiger partial charge in [0.1, 0.15) is 12.5 Å². The first kappa shape index (κ1) is 16.9. The molecule has 0 N–H and O–H groups in total. The Bertz CT molecular complexity index is 535. The van der Waals surface area contributed by atoms with E-state index in [1.165, 1.54) is 7.11 Å². The van der Waals surface area contributed by atoms with Crippen LogP contribution in [0, 0.1) is 16.7 Å². The van der Waals surface area contributed by atoms with Crippen LogP contribution in [0.15, 0.2) is 11.3 Å². The summed E-state index contributed by atoms with van der Waals surface area (Å²) >= 11 is 0. The first-order chi connectivity index (χ1) is 10.0. The van der Waals surface area contributed by atoms with Gasteiger partial charge >= 0.3 is 12.4 Å². The molecule has 124 valence electrons. The Morgan fingerprint density at radius 2 is 1.68 bits per heavy atom. The molecule has 0 spiro atoms. The van der Waals surface area contributed by atoms with Crippen molar-refractivity contribution in [3.8, 4) is 6.07 Å². The van der Waals surface area contributed by atoms with Crippen molar-refractivity contribution in [3.63, 3.8) is 0 Å². The minimum absolute atomic E-state index is 0.356. The highest BCUT2D eigenvalue weighted by Gasteiger charge is 2.70. The average Bonchev–Trinajstić information content (AvgIpc) is 2.36. The van der Waals surface area contributed by atoms with Crippen LogP contribution in [0.2, 0.25) is 0 Å². The Balaban J connectivity index is 2.69. The molecule has 2 heterocycles. The van der Waals surface area contributed by atoms with Gasteiger partial charge in [-0.2, -0.15) is 31.6 Å². The summed E-state index contributed by atoms with van der Waals surface area (Å²) in [6, 6.07) is 0.846. The third-order valence-electron chi connectivity index (χ3n) is 4.00. The Labute approximate surface area is 121 Å². The third-order valence-corrected chi connectivity index (χ3v) is 4.00. The molecule has 1 fully saturated rings. The van der Waals surface area contributed by atoms with Crippen LogP contribution in [0.1, 0.15) is 12.8 Å². The highest BCUT2D eigenvalue weighted by molar-refractivity contribution is 5.40. The molecule has 0 unspecified atom stereocenters. The van der Waals surface area contributed by atoms with Crippen molar-refractivity contribution in [1.82, 2.24) is 4.90 Å². The summed E-state index contributed by atoms with van der Waals surface area (Å²) in [7, 11) is 2.31. The molecule has 0 aliphatic carbocycles. The number of allylic oxidation sites excluding steroid dienone is 1. The molecular weight excluding hydrogens is 318 g/mol. The molecule has 1 saturated heterocycles. The van der Waals surface area contributed by atoms with Crippen molar-refractivity contribution in [2.75, 3.05) is 14.2 Å². The number of hydrogen-bond donors (Lipinski definition) is 0. The third kappa shape index (κ3) is 2.14. The van der Waals surface area contributed by atoms with Gasteiger partial charge in [0.25, 0.3) is 0 Å². The lowest BCUT2D eigenvalue weighted by Crippen LogP contribution is -2.62. The smallest absolute Gasteiger partial charge is 0.361 e. The van der Waals surface area contributed by atoms with E-state index in [2.05, 4.69) is 0 Å². The molecule has 0 bridgehead atoms.